The van der Waals surface area contributed by atoms with Crippen molar-refractivity contribution in [3.8, 4) is 0 Å². The van der Waals surface area contributed by atoms with Gasteiger partial charge in [0.1, 0.15) is 0 Å². The van der Waals surface area contributed by atoms with Gasteiger partial charge >= 0.3 is 6.09 Å². The number of carbonyl (C=O) groups is 3. The molecule has 0 fully saturated rings. The smallest absolute Gasteiger partial charge is 0.432 e. The normalized spacial score (nSPS) is 12.3. The highest BCUT2D eigenvalue weighted by Gasteiger charge is 2.33. The summed E-state index contributed by atoms with van der Waals surface area (Å²) in [4.78, 5) is 48.7. The Balaban J connectivity index is 1.58. The zero-order chi connectivity index (χ0) is 23.0. The van der Waals surface area contributed by atoms with E-state index >= 15 is 0 Å². The number of carbonyl (C=O) groups excluding carboxylic acids is 2. The zero-order valence-corrected chi connectivity index (χ0v) is 16.8. The van der Waals surface area contributed by atoms with Gasteiger partial charge in [-0.25, -0.2) is 4.79 Å². The summed E-state index contributed by atoms with van der Waals surface area (Å²) in [5.41, 5.74) is 2.15. The molecule has 0 unspecified atom stereocenters. The van der Waals surface area contributed by atoms with Crippen molar-refractivity contribution in [3.05, 3.63) is 86.6 Å². The van der Waals surface area contributed by atoms with Crippen LogP contribution in [0.1, 0.15) is 37.5 Å². The molecule has 2 N–H and O–H groups in total. The molecule has 1 aromatic heterocycles. The number of hydrogen-bond donors (Lipinski definition) is 2. The summed E-state index contributed by atoms with van der Waals surface area (Å²) < 4.78 is 0.739. The molecule has 32 heavy (non-hydrogen) atoms. The SMILES string of the molecule is Cc1ccc(C(=O)N2Cc3c(NC(=O)c4ccc([N+](=O)[O-])cc4)nn(C(=O)O)c3C2)cc1. The Hall–Kier alpha value is -4.54. The number of fused-ring (bicyclic) bond motifs is 1. The van der Waals surface area contributed by atoms with Gasteiger partial charge < -0.3 is 15.3 Å². The maximum absolute atomic E-state index is 12.9. The van der Waals surface area contributed by atoms with Gasteiger partial charge in [-0.15, -0.1) is 5.10 Å². The topological polar surface area (TPSA) is 148 Å². The molecular formula is C21H17N5O6. The van der Waals surface area contributed by atoms with Gasteiger partial charge in [0.2, 0.25) is 0 Å². The van der Waals surface area contributed by atoms with Gasteiger partial charge in [-0.2, -0.15) is 4.68 Å². The van der Waals surface area contributed by atoms with Crippen molar-refractivity contribution < 1.29 is 24.4 Å². The second kappa shape index (κ2) is 7.95. The van der Waals surface area contributed by atoms with Crippen molar-refractivity contribution in [3.63, 3.8) is 0 Å². The Bertz CT molecular complexity index is 1250. The van der Waals surface area contributed by atoms with E-state index in [-0.39, 0.29) is 41.8 Å². The van der Waals surface area contributed by atoms with Gasteiger partial charge in [-0.3, -0.25) is 19.7 Å². The molecule has 2 heterocycles. The number of benzene rings is 2. The highest BCUT2D eigenvalue weighted by Crippen LogP contribution is 2.31. The summed E-state index contributed by atoms with van der Waals surface area (Å²) in [7, 11) is 0. The molecule has 0 bridgehead atoms. The Morgan fingerprint density at radius 3 is 2.25 bits per heavy atom. The van der Waals surface area contributed by atoms with Gasteiger partial charge in [-0.1, -0.05) is 17.7 Å². The van der Waals surface area contributed by atoms with E-state index in [1.807, 2.05) is 19.1 Å². The third-order valence-electron chi connectivity index (χ3n) is 5.12. The summed E-state index contributed by atoms with van der Waals surface area (Å²) in [6.45, 7) is 2.00. The number of anilines is 1. The van der Waals surface area contributed by atoms with E-state index in [0.29, 0.717) is 11.1 Å². The van der Waals surface area contributed by atoms with E-state index in [1.54, 1.807) is 12.1 Å². The average Bonchev–Trinajstić information content (AvgIpc) is 3.34. The van der Waals surface area contributed by atoms with E-state index < -0.39 is 16.9 Å². The van der Waals surface area contributed by atoms with Crippen LogP contribution in [0.3, 0.4) is 0 Å². The molecule has 2 amide bonds. The molecular weight excluding hydrogens is 418 g/mol. The maximum atomic E-state index is 12.9. The molecule has 1 aliphatic rings. The van der Waals surface area contributed by atoms with Crippen LogP contribution in [0.4, 0.5) is 16.3 Å². The predicted molar refractivity (Wildman–Crippen MR) is 111 cm³/mol. The summed E-state index contributed by atoms with van der Waals surface area (Å²) in [5.74, 6) is -0.864. The van der Waals surface area contributed by atoms with Crippen LogP contribution in [-0.4, -0.2) is 42.6 Å². The number of carboxylic acid groups (broad SMARTS) is 1. The monoisotopic (exact) mass is 435 g/mol. The largest absolute Gasteiger partial charge is 0.463 e. The second-order valence-corrected chi connectivity index (χ2v) is 7.25. The van der Waals surface area contributed by atoms with Crippen LogP contribution in [-0.2, 0) is 13.1 Å². The van der Waals surface area contributed by atoms with E-state index in [2.05, 4.69) is 10.4 Å². The van der Waals surface area contributed by atoms with Gasteiger partial charge in [0.15, 0.2) is 5.82 Å². The first-order chi connectivity index (χ1) is 15.2. The van der Waals surface area contributed by atoms with Crippen LogP contribution >= 0.6 is 0 Å². The number of aromatic nitrogens is 2. The molecule has 4 rings (SSSR count). The van der Waals surface area contributed by atoms with Gasteiger partial charge in [0.25, 0.3) is 17.5 Å². The van der Waals surface area contributed by atoms with Crippen molar-refractivity contribution in [1.82, 2.24) is 14.7 Å². The summed E-state index contributed by atoms with van der Waals surface area (Å²) in [6, 6.07) is 12.0. The van der Waals surface area contributed by atoms with Crippen molar-refractivity contribution in [2.24, 2.45) is 0 Å². The minimum Gasteiger partial charge on any atom is -0.463 e. The number of amides is 2. The van der Waals surface area contributed by atoms with E-state index in [1.165, 1.54) is 29.2 Å². The molecule has 0 aliphatic carbocycles. The quantitative estimate of drug-likeness (QED) is 0.473. The minimum absolute atomic E-state index is 0.0185. The third-order valence-corrected chi connectivity index (χ3v) is 5.12. The highest BCUT2D eigenvalue weighted by molar-refractivity contribution is 6.04. The fourth-order valence-corrected chi connectivity index (χ4v) is 3.44. The number of rotatable bonds is 4. The second-order valence-electron chi connectivity index (χ2n) is 7.25. The number of nitrogens with zero attached hydrogens (tertiary/aromatic N) is 4. The third kappa shape index (κ3) is 3.78. The zero-order valence-electron chi connectivity index (χ0n) is 16.8. The molecule has 0 saturated carbocycles. The summed E-state index contributed by atoms with van der Waals surface area (Å²) >= 11 is 0. The summed E-state index contributed by atoms with van der Waals surface area (Å²) in [5, 5.41) is 26.8. The predicted octanol–water partition coefficient (Wildman–Crippen LogP) is 3.03. The number of nitro groups is 1. The van der Waals surface area contributed by atoms with Gasteiger partial charge in [0.05, 0.1) is 23.7 Å². The number of aryl methyl sites for hydroxylation is 1. The summed E-state index contributed by atoms with van der Waals surface area (Å²) in [6.07, 6.45) is -1.35. The van der Waals surface area contributed by atoms with Gasteiger partial charge in [-0.05, 0) is 31.2 Å². The molecule has 162 valence electrons. The van der Waals surface area contributed by atoms with E-state index in [0.717, 1.165) is 10.2 Å². The molecule has 11 nitrogen and oxygen atoms in total. The first-order valence-electron chi connectivity index (χ1n) is 9.50. The molecule has 0 atom stereocenters. The molecule has 1 aliphatic heterocycles. The Labute approximate surface area is 181 Å². The van der Waals surface area contributed by atoms with Gasteiger partial charge in [0, 0.05) is 28.8 Å². The minimum atomic E-state index is -1.35. The fraction of sp³-hybridized carbons (Fsp3) is 0.143. The van der Waals surface area contributed by atoms with Crippen LogP contribution in [0.2, 0.25) is 0 Å². The number of hydrogen-bond acceptors (Lipinski definition) is 6. The number of non-ortho nitro benzene ring substituents is 1. The van der Waals surface area contributed by atoms with Crippen molar-refractivity contribution in [2.45, 2.75) is 20.0 Å². The maximum Gasteiger partial charge on any atom is 0.432 e. The number of nitrogens with one attached hydrogen (secondary N) is 1. The van der Waals surface area contributed by atoms with Crippen molar-refractivity contribution >= 4 is 29.4 Å². The fourth-order valence-electron chi connectivity index (χ4n) is 3.44. The average molecular weight is 435 g/mol. The lowest BCUT2D eigenvalue weighted by Gasteiger charge is -2.16. The first kappa shape index (κ1) is 20.7. The standard InChI is InChI=1S/C21H17N5O6/c1-12-2-4-14(5-3-12)20(28)24-10-16-17(11-24)25(21(29)30)23-18(16)22-19(27)13-6-8-15(9-7-13)26(31)32/h2-9H,10-11H2,1H3,(H,29,30)(H,22,23,27). The lowest BCUT2D eigenvalue weighted by molar-refractivity contribution is -0.384. The lowest BCUT2D eigenvalue weighted by Crippen LogP contribution is -2.27. The Morgan fingerprint density at radius 2 is 1.66 bits per heavy atom. The number of nitro benzene ring substituents is 1. The van der Waals surface area contributed by atoms with Crippen LogP contribution in [0.15, 0.2) is 48.5 Å². The highest BCUT2D eigenvalue weighted by atomic mass is 16.6. The molecule has 0 radical (unpaired) electrons. The van der Waals surface area contributed by atoms with Crippen molar-refractivity contribution in [1.29, 1.82) is 0 Å². The molecule has 3 aromatic rings. The molecule has 0 saturated heterocycles. The Morgan fingerprint density at radius 1 is 1.03 bits per heavy atom. The molecule has 11 heteroatoms. The van der Waals surface area contributed by atoms with Crippen LogP contribution < -0.4 is 5.32 Å². The lowest BCUT2D eigenvalue weighted by atomic mass is 10.1. The first-order valence-corrected chi connectivity index (χ1v) is 9.50. The van der Waals surface area contributed by atoms with E-state index in [9.17, 15) is 29.6 Å². The van der Waals surface area contributed by atoms with Crippen LogP contribution in [0.5, 0.6) is 0 Å². The molecule has 0 spiro atoms. The van der Waals surface area contributed by atoms with Crippen molar-refractivity contribution in [2.75, 3.05) is 5.32 Å². The van der Waals surface area contributed by atoms with Crippen LogP contribution in [0.25, 0.3) is 0 Å². The van der Waals surface area contributed by atoms with Crippen LogP contribution in [0, 0.1) is 17.0 Å². The van der Waals surface area contributed by atoms with E-state index in [4.69, 9.17) is 0 Å². The molecule has 2 aromatic carbocycles. The Kier molecular flexibility index (Phi) is 5.15.